The molecule has 1 aliphatic carbocycles. The van der Waals surface area contributed by atoms with Gasteiger partial charge < -0.3 is 16.4 Å². The van der Waals surface area contributed by atoms with Crippen molar-refractivity contribution in [2.75, 3.05) is 17.6 Å². The van der Waals surface area contributed by atoms with Crippen LogP contribution >= 0.6 is 0 Å². The lowest BCUT2D eigenvalue weighted by Gasteiger charge is -2.21. The molecule has 8 nitrogen and oxygen atoms in total. The lowest BCUT2D eigenvalue weighted by Crippen LogP contribution is -2.25. The minimum Gasteiger partial charge on any atom is -0.383 e. The number of benzene rings is 3. The number of carbonyl (C=O) groups is 1. The summed E-state index contributed by atoms with van der Waals surface area (Å²) in [6, 6.07) is 19.8. The van der Waals surface area contributed by atoms with Gasteiger partial charge in [0.2, 0.25) is 0 Å². The molecule has 0 aliphatic heterocycles. The van der Waals surface area contributed by atoms with Crippen molar-refractivity contribution in [2.45, 2.75) is 25.1 Å². The number of rotatable bonds is 8. The molecule has 1 unspecified atom stereocenters. The van der Waals surface area contributed by atoms with Gasteiger partial charge in [0.25, 0.3) is 5.91 Å². The molecule has 12 heteroatoms. The molecule has 3 aromatic carbocycles. The first-order valence-electron chi connectivity index (χ1n) is 13.8. The van der Waals surface area contributed by atoms with Crippen molar-refractivity contribution in [3.05, 3.63) is 113 Å². The molecule has 1 fully saturated rings. The molecule has 1 aliphatic rings. The molecule has 0 radical (unpaired) electrons. The Balaban J connectivity index is 1.36. The topological polar surface area (TPSA) is 122 Å². The first kappa shape index (κ1) is 28.8. The summed E-state index contributed by atoms with van der Waals surface area (Å²) in [5.74, 6) is -1.11. The van der Waals surface area contributed by atoms with E-state index in [2.05, 4.69) is 26.8 Å². The summed E-state index contributed by atoms with van der Waals surface area (Å²) >= 11 is 0. The Morgan fingerprint density at radius 1 is 1.07 bits per heavy atom. The SMILES string of the molecule is N#Cc1cccc(C(NCC2CC2)c2ccc(F)c(NC(=O)c3cc(C(F)(F)F)nn3-c3ccc4ccnc(N)c4c3)c2)c1. The van der Waals surface area contributed by atoms with Crippen LogP contribution < -0.4 is 16.4 Å². The quantitative estimate of drug-likeness (QED) is 0.178. The third-order valence-electron chi connectivity index (χ3n) is 7.49. The highest BCUT2D eigenvalue weighted by atomic mass is 19.4. The summed E-state index contributed by atoms with van der Waals surface area (Å²) in [6.45, 7) is 0.700. The summed E-state index contributed by atoms with van der Waals surface area (Å²) in [5.41, 5.74) is 5.94. The number of nitrogens with two attached hydrogens (primary N) is 1. The van der Waals surface area contributed by atoms with Gasteiger partial charge in [-0.15, -0.1) is 0 Å². The predicted octanol–water partition coefficient (Wildman–Crippen LogP) is 6.37. The minimum absolute atomic E-state index is 0.133. The van der Waals surface area contributed by atoms with Crippen LogP contribution in [0, 0.1) is 23.1 Å². The molecule has 0 spiro atoms. The van der Waals surface area contributed by atoms with E-state index in [0.717, 1.165) is 23.1 Å². The number of aromatic nitrogens is 3. The van der Waals surface area contributed by atoms with E-state index in [9.17, 15) is 23.2 Å². The minimum atomic E-state index is -4.85. The van der Waals surface area contributed by atoms with Crippen molar-refractivity contribution >= 4 is 28.2 Å². The van der Waals surface area contributed by atoms with Gasteiger partial charge in [0.05, 0.1) is 29.0 Å². The Morgan fingerprint density at radius 3 is 2.61 bits per heavy atom. The van der Waals surface area contributed by atoms with Gasteiger partial charge in [-0.2, -0.15) is 23.5 Å². The fourth-order valence-corrected chi connectivity index (χ4v) is 5.02. The summed E-state index contributed by atoms with van der Waals surface area (Å²) in [5, 5.41) is 20.1. The van der Waals surface area contributed by atoms with Crippen molar-refractivity contribution in [1.29, 1.82) is 5.26 Å². The molecule has 0 saturated heterocycles. The van der Waals surface area contributed by atoms with E-state index in [1.54, 1.807) is 36.4 Å². The van der Waals surface area contributed by atoms with Gasteiger partial charge in [-0.1, -0.05) is 24.3 Å². The Hall–Kier alpha value is -5.28. The lowest BCUT2D eigenvalue weighted by molar-refractivity contribution is -0.141. The fraction of sp³-hybridized carbons (Fsp3) is 0.188. The lowest BCUT2D eigenvalue weighted by atomic mass is 9.96. The molecule has 2 aromatic heterocycles. The third-order valence-corrected chi connectivity index (χ3v) is 7.49. The second kappa shape index (κ2) is 11.4. The monoisotopic (exact) mass is 599 g/mol. The average Bonchev–Trinajstić information content (AvgIpc) is 3.72. The number of nitriles is 1. The van der Waals surface area contributed by atoms with E-state index >= 15 is 4.39 Å². The van der Waals surface area contributed by atoms with Crippen LogP contribution in [0.5, 0.6) is 0 Å². The highest BCUT2D eigenvalue weighted by Crippen LogP contribution is 2.33. The Labute approximate surface area is 249 Å². The zero-order valence-corrected chi connectivity index (χ0v) is 23.1. The average molecular weight is 600 g/mol. The van der Waals surface area contributed by atoms with Gasteiger partial charge in [0.1, 0.15) is 17.3 Å². The molecule has 0 bridgehead atoms. The van der Waals surface area contributed by atoms with Crippen molar-refractivity contribution < 1.29 is 22.4 Å². The maximum Gasteiger partial charge on any atom is 0.435 e. The first-order chi connectivity index (χ1) is 21.1. The number of nitrogen functional groups attached to an aromatic ring is 1. The van der Waals surface area contributed by atoms with E-state index in [4.69, 9.17) is 5.73 Å². The number of hydrogen-bond donors (Lipinski definition) is 3. The van der Waals surface area contributed by atoms with E-state index in [1.807, 2.05) is 6.07 Å². The largest absolute Gasteiger partial charge is 0.435 e. The molecule has 1 amide bonds. The Bertz CT molecular complexity index is 1920. The van der Waals surface area contributed by atoms with Crippen LogP contribution in [0.25, 0.3) is 16.5 Å². The summed E-state index contributed by atoms with van der Waals surface area (Å²) < 4.78 is 57.1. The smallest absolute Gasteiger partial charge is 0.383 e. The number of nitrogens with zero attached hydrogens (tertiary/aromatic N) is 4. The van der Waals surface area contributed by atoms with Gasteiger partial charge in [-0.05, 0) is 84.3 Å². The highest BCUT2D eigenvalue weighted by molar-refractivity contribution is 6.04. The van der Waals surface area contributed by atoms with Gasteiger partial charge in [0, 0.05) is 17.6 Å². The molecule has 2 heterocycles. The molecule has 44 heavy (non-hydrogen) atoms. The van der Waals surface area contributed by atoms with Crippen LogP contribution in [0.3, 0.4) is 0 Å². The van der Waals surface area contributed by atoms with Crippen molar-refractivity contribution in [3.63, 3.8) is 0 Å². The number of carbonyl (C=O) groups excluding carboxylic acids is 1. The first-order valence-corrected chi connectivity index (χ1v) is 13.8. The van der Waals surface area contributed by atoms with Gasteiger partial charge in [-0.25, -0.2) is 14.1 Å². The third kappa shape index (κ3) is 5.95. The van der Waals surface area contributed by atoms with Gasteiger partial charge in [-0.3, -0.25) is 4.79 Å². The maximum atomic E-state index is 15.1. The molecule has 1 atom stereocenters. The van der Waals surface area contributed by atoms with E-state index < -0.39 is 35.3 Å². The molecule has 1 saturated carbocycles. The zero-order chi connectivity index (χ0) is 31.0. The number of anilines is 2. The molecule has 4 N–H and O–H groups in total. The van der Waals surface area contributed by atoms with Crippen molar-refractivity contribution in [2.24, 2.45) is 5.92 Å². The summed E-state index contributed by atoms with van der Waals surface area (Å²) in [4.78, 5) is 17.5. The second-order valence-electron chi connectivity index (χ2n) is 10.6. The molecular weight excluding hydrogens is 574 g/mol. The number of amides is 1. The van der Waals surface area contributed by atoms with E-state index in [1.165, 1.54) is 30.5 Å². The fourth-order valence-electron chi connectivity index (χ4n) is 5.02. The van der Waals surface area contributed by atoms with Crippen molar-refractivity contribution in [1.82, 2.24) is 20.1 Å². The summed E-state index contributed by atoms with van der Waals surface area (Å²) in [6.07, 6.45) is -1.16. The number of pyridine rings is 1. The standard InChI is InChI=1S/C32H25F4N7O/c33-25-9-7-22(29(40-17-18-4-5-18)21-3-1-2-19(12-21)16-37)13-26(25)41-31(44)27-15-28(32(34,35)36)42-43(27)23-8-6-20-10-11-39-30(38)24(20)14-23/h1-3,6-15,18,29,40H,4-5,17H2,(H2,38,39)(H,41,44). The van der Waals surface area contributed by atoms with E-state index in [0.29, 0.717) is 40.4 Å². The predicted molar refractivity (Wildman–Crippen MR) is 156 cm³/mol. The zero-order valence-electron chi connectivity index (χ0n) is 23.1. The number of halogens is 4. The highest BCUT2D eigenvalue weighted by Gasteiger charge is 2.36. The van der Waals surface area contributed by atoms with Crippen LogP contribution in [-0.4, -0.2) is 27.2 Å². The molecular formula is C32H25F4N7O. The Kier molecular flexibility index (Phi) is 7.48. The number of alkyl halides is 3. The second-order valence-corrected chi connectivity index (χ2v) is 10.6. The van der Waals surface area contributed by atoms with Crippen LogP contribution in [0.4, 0.5) is 29.1 Å². The number of hydrogen-bond acceptors (Lipinski definition) is 6. The normalized spacial score (nSPS) is 13.9. The maximum absolute atomic E-state index is 15.1. The van der Waals surface area contributed by atoms with Crippen LogP contribution in [0.2, 0.25) is 0 Å². The molecule has 6 rings (SSSR count). The molecule has 5 aromatic rings. The van der Waals surface area contributed by atoms with Gasteiger partial charge in [0.15, 0.2) is 5.69 Å². The van der Waals surface area contributed by atoms with Gasteiger partial charge >= 0.3 is 6.18 Å². The summed E-state index contributed by atoms with van der Waals surface area (Å²) in [7, 11) is 0. The molecule has 222 valence electrons. The number of fused-ring (bicyclic) bond motifs is 1. The van der Waals surface area contributed by atoms with Crippen LogP contribution in [-0.2, 0) is 6.18 Å². The van der Waals surface area contributed by atoms with E-state index in [-0.39, 0.29) is 17.2 Å². The number of nitrogens with one attached hydrogen (secondary N) is 2. The van der Waals surface area contributed by atoms with Crippen LogP contribution in [0.15, 0.2) is 79.0 Å². The Morgan fingerprint density at radius 2 is 1.86 bits per heavy atom. The van der Waals surface area contributed by atoms with Crippen LogP contribution in [0.1, 0.15) is 51.8 Å². The van der Waals surface area contributed by atoms with Crippen molar-refractivity contribution in [3.8, 4) is 11.8 Å².